The smallest absolute Gasteiger partial charge is 0.237 e. The van der Waals surface area contributed by atoms with Crippen LogP contribution < -0.4 is 11.1 Å². The Hall–Kier alpha value is -0.610. The van der Waals surface area contributed by atoms with E-state index >= 15 is 0 Å². The third kappa shape index (κ3) is 2.96. The van der Waals surface area contributed by atoms with Gasteiger partial charge in [0.25, 0.3) is 0 Å². The van der Waals surface area contributed by atoms with E-state index in [0.29, 0.717) is 12.6 Å². The Morgan fingerprint density at radius 1 is 1.57 bits per heavy atom. The number of nitrogens with one attached hydrogen (secondary N) is 1. The van der Waals surface area contributed by atoms with Crippen molar-refractivity contribution < 1.29 is 9.53 Å². The summed E-state index contributed by atoms with van der Waals surface area (Å²) >= 11 is 0. The number of nitrogens with two attached hydrogens (primary N) is 1. The molecule has 2 unspecified atom stereocenters. The van der Waals surface area contributed by atoms with Gasteiger partial charge in [0, 0.05) is 6.54 Å². The summed E-state index contributed by atoms with van der Waals surface area (Å²) in [6, 6.07) is 0. The van der Waals surface area contributed by atoms with Gasteiger partial charge in [-0.25, -0.2) is 0 Å². The van der Waals surface area contributed by atoms with E-state index in [0.717, 1.165) is 12.8 Å². The summed E-state index contributed by atoms with van der Waals surface area (Å²) in [5, 5.41) is 3.12. The molecule has 1 fully saturated rings. The maximum absolute atomic E-state index is 11.0. The van der Waals surface area contributed by atoms with E-state index in [2.05, 4.69) is 12.2 Å². The minimum Gasteiger partial charge on any atom is -0.374 e. The predicted octanol–water partition coefficient (Wildman–Crippen LogP) is 0.407. The second-order valence-electron chi connectivity index (χ2n) is 4.52. The molecular formula is C10H20N2O2. The first kappa shape index (κ1) is 11.5. The van der Waals surface area contributed by atoms with Crippen LogP contribution in [0, 0.1) is 0 Å². The van der Waals surface area contributed by atoms with Crippen LogP contribution in [0.1, 0.15) is 33.6 Å². The van der Waals surface area contributed by atoms with Crippen LogP contribution in [0.25, 0.3) is 0 Å². The number of rotatable bonds is 4. The zero-order valence-corrected chi connectivity index (χ0v) is 9.17. The quantitative estimate of drug-likeness (QED) is 0.690. The Kier molecular flexibility index (Phi) is 3.50. The van der Waals surface area contributed by atoms with Crippen LogP contribution in [0.15, 0.2) is 0 Å². The molecule has 1 rings (SSSR count). The first-order valence-electron chi connectivity index (χ1n) is 5.12. The van der Waals surface area contributed by atoms with Crippen molar-refractivity contribution in [1.29, 1.82) is 0 Å². The maximum Gasteiger partial charge on any atom is 0.237 e. The van der Waals surface area contributed by atoms with Crippen LogP contribution in [-0.2, 0) is 9.53 Å². The number of carbonyl (C=O) groups excluding carboxylic acids is 1. The van der Waals surface area contributed by atoms with Crippen LogP contribution >= 0.6 is 0 Å². The average molecular weight is 200 g/mol. The summed E-state index contributed by atoms with van der Waals surface area (Å²) in [7, 11) is 0. The monoisotopic (exact) mass is 200 g/mol. The highest BCUT2D eigenvalue weighted by atomic mass is 16.5. The van der Waals surface area contributed by atoms with Gasteiger partial charge in [-0.2, -0.15) is 0 Å². The van der Waals surface area contributed by atoms with Crippen molar-refractivity contribution >= 4 is 5.91 Å². The normalized spacial score (nSPS) is 27.9. The fourth-order valence-electron chi connectivity index (χ4n) is 1.49. The fourth-order valence-corrected chi connectivity index (χ4v) is 1.49. The van der Waals surface area contributed by atoms with Gasteiger partial charge in [0.15, 0.2) is 0 Å². The van der Waals surface area contributed by atoms with Gasteiger partial charge < -0.3 is 15.8 Å². The minimum absolute atomic E-state index is 0.226. The second kappa shape index (κ2) is 4.28. The van der Waals surface area contributed by atoms with E-state index in [1.54, 1.807) is 13.8 Å². The molecule has 0 aromatic heterocycles. The summed E-state index contributed by atoms with van der Waals surface area (Å²) < 4.78 is 5.62. The lowest BCUT2D eigenvalue weighted by Gasteiger charge is -2.24. The fraction of sp³-hybridized carbons (Fsp3) is 0.900. The molecule has 2 atom stereocenters. The van der Waals surface area contributed by atoms with E-state index in [4.69, 9.17) is 10.5 Å². The summed E-state index contributed by atoms with van der Waals surface area (Å²) in [6.45, 7) is 6.33. The van der Waals surface area contributed by atoms with Gasteiger partial charge in [-0.3, -0.25) is 4.79 Å². The Morgan fingerprint density at radius 3 is 2.64 bits per heavy atom. The van der Waals surface area contributed by atoms with Gasteiger partial charge in [0.2, 0.25) is 5.91 Å². The number of hydrogen-bond acceptors (Lipinski definition) is 3. The van der Waals surface area contributed by atoms with Gasteiger partial charge in [-0.1, -0.05) is 0 Å². The highest BCUT2D eigenvalue weighted by Crippen LogP contribution is 2.18. The largest absolute Gasteiger partial charge is 0.374 e. The molecule has 1 amide bonds. The lowest BCUT2D eigenvalue weighted by atomic mass is 10.0. The molecule has 0 bridgehead atoms. The molecule has 0 aromatic carbocycles. The van der Waals surface area contributed by atoms with Crippen LogP contribution in [0.4, 0.5) is 0 Å². The zero-order chi connectivity index (χ0) is 10.8. The number of amides is 1. The highest BCUT2D eigenvalue weighted by molar-refractivity contribution is 5.83. The Balaban J connectivity index is 2.30. The number of hydrogen-bond donors (Lipinski definition) is 2. The van der Waals surface area contributed by atoms with E-state index < -0.39 is 5.54 Å². The SMILES string of the molecule is CC1CCC(CNC(C)(C)C(N)=O)O1. The van der Waals surface area contributed by atoms with Gasteiger partial charge in [0.1, 0.15) is 0 Å². The zero-order valence-electron chi connectivity index (χ0n) is 9.17. The molecule has 1 heterocycles. The predicted molar refractivity (Wildman–Crippen MR) is 54.8 cm³/mol. The van der Waals surface area contributed by atoms with E-state index in [1.807, 2.05) is 0 Å². The standard InChI is InChI=1S/C10H20N2O2/c1-7-4-5-8(14-7)6-12-10(2,3)9(11)13/h7-8,12H,4-6H2,1-3H3,(H2,11,13). The van der Waals surface area contributed by atoms with Gasteiger partial charge in [-0.05, 0) is 33.6 Å². The Bertz CT molecular complexity index is 216. The van der Waals surface area contributed by atoms with E-state index in [-0.39, 0.29) is 12.0 Å². The summed E-state index contributed by atoms with van der Waals surface area (Å²) in [6.07, 6.45) is 2.73. The molecule has 14 heavy (non-hydrogen) atoms. The lowest BCUT2D eigenvalue weighted by Crippen LogP contribution is -2.52. The molecule has 82 valence electrons. The van der Waals surface area contributed by atoms with Crippen LogP contribution in [0.3, 0.4) is 0 Å². The number of ether oxygens (including phenoxy) is 1. The second-order valence-corrected chi connectivity index (χ2v) is 4.52. The molecule has 0 saturated carbocycles. The van der Waals surface area contributed by atoms with Crippen molar-refractivity contribution in [3.8, 4) is 0 Å². The van der Waals surface area contributed by atoms with Gasteiger partial charge in [0.05, 0.1) is 17.7 Å². The first-order chi connectivity index (χ1) is 6.42. The van der Waals surface area contributed by atoms with Gasteiger partial charge >= 0.3 is 0 Å². The summed E-state index contributed by atoms with van der Waals surface area (Å²) in [4.78, 5) is 11.0. The van der Waals surface area contributed by atoms with Crippen molar-refractivity contribution in [3.63, 3.8) is 0 Å². The van der Waals surface area contributed by atoms with E-state index in [1.165, 1.54) is 0 Å². The first-order valence-corrected chi connectivity index (χ1v) is 5.12. The molecular weight excluding hydrogens is 180 g/mol. The molecule has 4 nitrogen and oxygen atoms in total. The van der Waals surface area contributed by atoms with Crippen LogP contribution in [0.5, 0.6) is 0 Å². The molecule has 0 spiro atoms. The number of carbonyl (C=O) groups is 1. The Morgan fingerprint density at radius 2 is 2.21 bits per heavy atom. The average Bonchev–Trinajstić information content (AvgIpc) is 2.48. The van der Waals surface area contributed by atoms with Crippen molar-refractivity contribution in [2.24, 2.45) is 5.73 Å². The topological polar surface area (TPSA) is 64.3 Å². The molecule has 1 aliphatic heterocycles. The molecule has 1 saturated heterocycles. The highest BCUT2D eigenvalue weighted by Gasteiger charge is 2.28. The molecule has 0 radical (unpaired) electrons. The molecule has 0 aromatic rings. The van der Waals surface area contributed by atoms with Crippen molar-refractivity contribution in [3.05, 3.63) is 0 Å². The van der Waals surface area contributed by atoms with Crippen LogP contribution in [-0.4, -0.2) is 30.2 Å². The summed E-state index contributed by atoms with van der Waals surface area (Å²) in [5.74, 6) is -0.330. The van der Waals surface area contributed by atoms with Crippen LogP contribution in [0.2, 0.25) is 0 Å². The molecule has 1 aliphatic rings. The molecule has 0 aliphatic carbocycles. The molecule has 3 N–H and O–H groups in total. The van der Waals surface area contributed by atoms with Crippen molar-refractivity contribution in [2.45, 2.75) is 51.4 Å². The third-order valence-electron chi connectivity index (χ3n) is 2.71. The Labute approximate surface area is 85.2 Å². The van der Waals surface area contributed by atoms with Crippen molar-refractivity contribution in [1.82, 2.24) is 5.32 Å². The van der Waals surface area contributed by atoms with Crippen molar-refractivity contribution in [2.75, 3.05) is 6.54 Å². The number of primary amides is 1. The lowest BCUT2D eigenvalue weighted by molar-refractivity contribution is -0.123. The summed E-state index contributed by atoms with van der Waals surface area (Å²) in [5.41, 5.74) is 4.60. The molecule has 4 heteroatoms. The minimum atomic E-state index is -0.644. The van der Waals surface area contributed by atoms with E-state index in [9.17, 15) is 4.79 Å². The van der Waals surface area contributed by atoms with Gasteiger partial charge in [-0.15, -0.1) is 0 Å². The maximum atomic E-state index is 11.0. The third-order valence-corrected chi connectivity index (χ3v) is 2.71.